The predicted molar refractivity (Wildman–Crippen MR) is 105 cm³/mol. The number of sulfonamides is 1. The van der Waals surface area contributed by atoms with E-state index in [1.807, 2.05) is 24.3 Å². The van der Waals surface area contributed by atoms with Crippen LogP contribution in [0.25, 0.3) is 0 Å². The summed E-state index contributed by atoms with van der Waals surface area (Å²) in [5.74, 6) is 1.21. The Labute approximate surface area is 155 Å². The van der Waals surface area contributed by atoms with Crippen LogP contribution in [0.5, 0.6) is 11.5 Å². The van der Waals surface area contributed by atoms with Crippen molar-refractivity contribution in [3.05, 3.63) is 60.7 Å². The first-order chi connectivity index (χ1) is 12.3. The van der Waals surface area contributed by atoms with Gasteiger partial charge in [-0.25, -0.2) is 8.42 Å². The van der Waals surface area contributed by atoms with Gasteiger partial charge in [0.2, 0.25) is 0 Å². The third kappa shape index (κ3) is 4.02. The van der Waals surface area contributed by atoms with Gasteiger partial charge in [0.05, 0.1) is 31.3 Å². The number of benzene rings is 2. The molecular formula is C20H25NO4S. The molecule has 0 bridgehead atoms. The first kappa shape index (κ1) is 19.8. The summed E-state index contributed by atoms with van der Waals surface area (Å²) in [6.07, 6.45) is 1.56. The molecule has 26 heavy (non-hydrogen) atoms. The van der Waals surface area contributed by atoms with Gasteiger partial charge >= 0.3 is 0 Å². The molecule has 0 radical (unpaired) electrons. The summed E-state index contributed by atoms with van der Waals surface area (Å²) in [4.78, 5) is 0.130. The van der Waals surface area contributed by atoms with E-state index in [0.29, 0.717) is 23.1 Å². The third-order valence-electron chi connectivity index (χ3n) is 4.09. The first-order valence-corrected chi connectivity index (χ1v) is 9.74. The maximum absolute atomic E-state index is 13.2. The maximum atomic E-state index is 13.2. The molecule has 0 saturated carbocycles. The third-order valence-corrected chi connectivity index (χ3v) is 5.88. The highest BCUT2D eigenvalue weighted by atomic mass is 32.2. The van der Waals surface area contributed by atoms with E-state index in [0.717, 1.165) is 5.56 Å². The molecule has 0 amide bonds. The van der Waals surface area contributed by atoms with Gasteiger partial charge in [-0.2, -0.15) is 0 Å². The molecule has 0 unspecified atom stereocenters. The predicted octanol–water partition coefficient (Wildman–Crippen LogP) is 4.21. The van der Waals surface area contributed by atoms with E-state index in [4.69, 9.17) is 9.47 Å². The topological polar surface area (TPSA) is 55.8 Å². The SMILES string of the molecule is C=CCN(c1ccc(C(C)C)cc1)S(=O)(=O)c1ccc(OC)c(OC)c1. The van der Waals surface area contributed by atoms with Crippen molar-refractivity contribution >= 4 is 15.7 Å². The Morgan fingerprint density at radius 1 is 1.04 bits per heavy atom. The van der Waals surface area contributed by atoms with Gasteiger partial charge in [0.1, 0.15) is 0 Å². The van der Waals surface area contributed by atoms with Crippen molar-refractivity contribution in [1.82, 2.24) is 0 Å². The van der Waals surface area contributed by atoms with Crippen LogP contribution in [0.3, 0.4) is 0 Å². The second-order valence-corrected chi connectivity index (χ2v) is 7.95. The minimum Gasteiger partial charge on any atom is -0.493 e. The quantitative estimate of drug-likeness (QED) is 0.649. The first-order valence-electron chi connectivity index (χ1n) is 8.30. The Morgan fingerprint density at radius 2 is 1.65 bits per heavy atom. The Balaban J connectivity index is 2.49. The lowest BCUT2D eigenvalue weighted by Crippen LogP contribution is -2.31. The molecule has 0 aliphatic heterocycles. The van der Waals surface area contributed by atoms with Gasteiger partial charge in [0.25, 0.3) is 10.0 Å². The number of ether oxygens (including phenoxy) is 2. The van der Waals surface area contributed by atoms with E-state index in [-0.39, 0.29) is 11.4 Å². The van der Waals surface area contributed by atoms with Crippen LogP contribution in [0.2, 0.25) is 0 Å². The fraction of sp³-hybridized carbons (Fsp3) is 0.300. The van der Waals surface area contributed by atoms with Gasteiger partial charge in [0.15, 0.2) is 11.5 Å². The molecule has 5 nitrogen and oxygen atoms in total. The maximum Gasteiger partial charge on any atom is 0.264 e. The highest BCUT2D eigenvalue weighted by molar-refractivity contribution is 7.92. The number of nitrogens with zero attached hydrogens (tertiary/aromatic N) is 1. The van der Waals surface area contributed by atoms with Crippen molar-refractivity contribution in [2.75, 3.05) is 25.1 Å². The average molecular weight is 375 g/mol. The zero-order valence-electron chi connectivity index (χ0n) is 15.6. The zero-order valence-corrected chi connectivity index (χ0v) is 16.4. The molecule has 140 valence electrons. The van der Waals surface area contributed by atoms with Crippen molar-refractivity contribution < 1.29 is 17.9 Å². The number of hydrogen-bond donors (Lipinski definition) is 0. The normalized spacial score (nSPS) is 11.3. The van der Waals surface area contributed by atoms with E-state index >= 15 is 0 Å². The van der Waals surface area contributed by atoms with Gasteiger partial charge in [-0.1, -0.05) is 32.1 Å². The molecule has 0 heterocycles. The second-order valence-electron chi connectivity index (χ2n) is 6.09. The van der Waals surface area contributed by atoms with Crippen molar-refractivity contribution in [3.63, 3.8) is 0 Å². The molecule has 0 saturated heterocycles. The summed E-state index contributed by atoms with van der Waals surface area (Å²) in [5, 5.41) is 0. The van der Waals surface area contributed by atoms with Crippen LogP contribution in [0.15, 0.2) is 60.0 Å². The molecule has 0 aliphatic carbocycles. The fourth-order valence-corrected chi connectivity index (χ4v) is 4.04. The lowest BCUT2D eigenvalue weighted by Gasteiger charge is -2.24. The molecule has 0 fully saturated rings. The largest absolute Gasteiger partial charge is 0.493 e. The van der Waals surface area contributed by atoms with Crippen molar-refractivity contribution in [2.45, 2.75) is 24.7 Å². The average Bonchev–Trinajstić information content (AvgIpc) is 2.65. The van der Waals surface area contributed by atoms with E-state index in [2.05, 4.69) is 20.4 Å². The van der Waals surface area contributed by atoms with E-state index in [9.17, 15) is 8.42 Å². The standard InChI is InChI=1S/C20H25NO4S/c1-6-13-21(17-9-7-16(8-10-17)15(2)3)26(22,23)18-11-12-19(24-4)20(14-18)25-5/h6-12,14-15H,1,13H2,2-5H3. The van der Waals surface area contributed by atoms with E-state index in [1.165, 1.54) is 30.7 Å². The number of anilines is 1. The molecule has 0 aromatic heterocycles. The zero-order chi connectivity index (χ0) is 19.3. The number of methoxy groups -OCH3 is 2. The summed E-state index contributed by atoms with van der Waals surface area (Å²) < 4.78 is 38.1. The molecule has 6 heteroatoms. The van der Waals surface area contributed by atoms with Crippen molar-refractivity contribution in [3.8, 4) is 11.5 Å². The van der Waals surface area contributed by atoms with Gasteiger partial charge in [0, 0.05) is 6.07 Å². The van der Waals surface area contributed by atoms with Crippen LogP contribution in [-0.2, 0) is 10.0 Å². The smallest absolute Gasteiger partial charge is 0.264 e. The summed E-state index contributed by atoms with van der Waals surface area (Å²) in [7, 11) is -0.802. The molecular weight excluding hydrogens is 350 g/mol. The number of hydrogen-bond acceptors (Lipinski definition) is 4. The van der Waals surface area contributed by atoms with Gasteiger partial charge in [-0.15, -0.1) is 6.58 Å². The molecule has 2 rings (SSSR count). The Hall–Kier alpha value is -2.47. The fourth-order valence-electron chi connectivity index (χ4n) is 2.59. The summed E-state index contributed by atoms with van der Waals surface area (Å²) >= 11 is 0. The highest BCUT2D eigenvalue weighted by Crippen LogP contribution is 2.32. The van der Waals surface area contributed by atoms with Crippen LogP contribution in [0.1, 0.15) is 25.3 Å². The lowest BCUT2D eigenvalue weighted by molar-refractivity contribution is 0.354. The van der Waals surface area contributed by atoms with Crippen LogP contribution in [0, 0.1) is 0 Å². The lowest BCUT2D eigenvalue weighted by atomic mass is 10.0. The van der Waals surface area contributed by atoms with Gasteiger partial charge in [-0.3, -0.25) is 4.31 Å². The highest BCUT2D eigenvalue weighted by Gasteiger charge is 2.25. The summed E-state index contributed by atoms with van der Waals surface area (Å²) in [6, 6.07) is 12.1. The van der Waals surface area contributed by atoms with Gasteiger partial charge < -0.3 is 9.47 Å². The van der Waals surface area contributed by atoms with Crippen LogP contribution in [0.4, 0.5) is 5.69 Å². The van der Waals surface area contributed by atoms with Crippen LogP contribution >= 0.6 is 0 Å². The van der Waals surface area contributed by atoms with E-state index < -0.39 is 10.0 Å². The minimum atomic E-state index is -3.78. The van der Waals surface area contributed by atoms with E-state index in [1.54, 1.807) is 12.1 Å². The Kier molecular flexibility index (Phi) is 6.32. The van der Waals surface area contributed by atoms with Crippen molar-refractivity contribution in [1.29, 1.82) is 0 Å². The molecule has 0 spiro atoms. The minimum absolute atomic E-state index is 0.130. The Morgan fingerprint density at radius 3 is 2.15 bits per heavy atom. The number of rotatable bonds is 8. The molecule has 0 atom stereocenters. The van der Waals surface area contributed by atoms with Crippen molar-refractivity contribution in [2.24, 2.45) is 0 Å². The molecule has 0 aliphatic rings. The summed E-state index contributed by atoms with van der Waals surface area (Å²) in [6.45, 7) is 8.04. The molecule has 2 aromatic rings. The summed E-state index contributed by atoms with van der Waals surface area (Å²) in [5.41, 5.74) is 1.74. The monoisotopic (exact) mass is 375 g/mol. The van der Waals surface area contributed by atoms with Crippen LogP contribution < -0.4 is 13.8 Å². The van der Waals surface area contributed by atoms with Crippen LogP contribution in [-0.4, -0.2) is 29.2 Å². The Bertz CT molecular complexity index is 858. The second kappa shape index (κ2) is 8.27. The molecule has 0 N–H and O–H groups in total. The molecule has 2 aromatic carbocycles. The van der Waals surface area contributed by atoms with Gasteiger partial charge in [-0.05, 0) is 35.7 Å².